The number of aliphatic imine (C=N–C) groups is 1. The van der Waals surface area contributed by atoms with Gasteiger partial charge in [-0.25, -0.2) is 13.8 Å². The average molecular weight is 604 g/mol. The Bertz CT molecular complexity index is 1180. The number of carbonyl (C=O) groups is 2. The number of thiocarbonyl (C=S) groups is 1. The molecule has 1 saturated carbocycles. The van der Waals surface area contributed by atoms with E-state index in [0.717, 1.165) is 37.9 Å². The lowest BCUT2D eigenvalue weighted by Crippen LogP contribution is -2.46. The van der Waals surface area contributed by atoms with Crippen molar-refractivity contribution < 1.29 is 36.6 Å². The topological polar surface area (TPSA) is 107 Å². The highest BCUT2D eigenvalue weighted by molar-refractivity contribution is 7.81. The van der Waals surface area contributed by atoms with E-state index in [2.05, 4.69) is 20.6 Å². The van der Waals surface area contributed by atoms with E-state index >= 15 is 0 Å². The Kier molecular flexibility index (Phi) is 9.62. The molecule has 1 aromatic heterocycles. The standard InChI is InChI=1S/C27H34F5N5O3S/c1-3-20(27(30,31)32)36-21-11-18(24(28)29)19(12-33-21)23(41)22(26(40)37-15-5-6-16(37)8-7-15)34-13(2)25(39)35-14-4-9-17(38)10-14/h11-12,14-17,20,22,24,38H,3-10H2,1-2H3,(H,33,36)(H,35,39)/t14-,15?,16?,17-,20-,22?/m0/s1. The molecule has 3 fully saturated rings. The van der Waals surface area contributed by atoms with Gasteiger partial charge in [-0.15, -0.1) is 0 Å². The second-order valence-corrected chi connectivity index (χ2v) is 11.4. The maximum Gasteiger partial charge on any atom is 0.408 e. The lowest BCUT2D eigenvalue weighted by atomic mass is 10.0. The number of carbonyl (C=O) groups excluding carboxylic acids is 2. The van der Waals surface area contributed by atoms with Gasteiger partial charge in [0, 0.05) is 35.4 Å². The van der Waals surface area contributed by atoms with Gasteiger partial charge in [-0.1, -0.05) is 19.1 Å². The molecular weight excluding hydrogens is 569 g/mol. The van der Waals surface area contributed by atoms with Gasteiger partial charge < -0.3 is 20.6 Å². The summed E-state index contributed by atoms with van der Waals surface area (Å²) in [5.41, 5.74) is -1.07. The Morgan fingerprint density at radius 1 is 1.17 bits per heavy atom. The minimum absolute atomic E-state index is 0.0327. The molecule has 3 heterocycles. The van der Waals surface area contributed by atoms with Crippen molar-refractivity contribution in [2.75, 3.05) is 5.32 Å². The summed E-state index contributed by atoms with van der Waals surface area (Å²) in [6.07, 6.45) is -3.01. The number of anilines is 1. The Labute approximate surface area is 240 Å². The van der Waals surface area contributed by atoms with Crippen molar-refractivity contribution >= 4 is 40.4 Å². The predicted octanol–water partition coefficient (Wildman–Crippen LogP) is 4.50. The van der Waals surface area contributed by atoms with Gasteiger partial charge in [-0.3, -0.25) is 14.6 Å². The zero-order valence-corrected chi connectivity index (χ0v) is 23.6. The van der Waals surface area contributed by atoms with Crippen molar-refractivity contribution in [3.63, 3.8) is 0 Å². The number of hydrogen-bond acceptors (Lipinski definition) is 7. The number of alkyl halides is 5. The molecule has 2 bridgehead atoms. The van der Waals surface area contributed by atoms with E-state index in [1.165, 1.54) is 13.8 Å². The molecule has 3 N–H and O–H groups in total. The van der Waals surface area contributed by atoms with Crippen LogP contribution in [0.5, 0.6) is 0 Å². The summed E-state index contributed by atoms with van der Waals surface area (Å²) in [5, 5.41) is 14.7. The Morgan fingerprint density at radius 2 is 1.80 bits per heavy atom. The van der Waals surface area contributed by atoms with E-state index in [0.29, 0.717) is 19.3 Å². The quantitative estimate of drug-likeness (QED) is 0.157. The largest absolute Gasteiger partial charge is 0.408 e. The molecule has 2 aliphatic heterocycles. The van der Waals surface area contributed by atoms with Crippen LogP contribution in [0.25, 0.3) is 0 Å². The highest BCUT2D eigenvalue weighted by Crippen LogP contribution is 2.39. The molecule has 226 valence electrons. The van der Waals surface area contributed by atoms with Gasteiger partial charge >= 0.3 is 6.18 Å². The molecule has 1 unspecified atom stereocenters. The molecule has 14 heteroatoms. The van der Waals surface area contributed by atoms with E-state index in [4.69, 9.17) is 12.2 Å². The van der Waals surface area contributed by atoms with Crippen LogP contribution in [-0.4, -0.2) is 79.9 Å². The van der Waals surface area contributed by atoms with Crippen molar-refractivity contribution in [3.8, 4) is 0 Å². The van der Waals surface area contributed by atoms with Crippen molar-refractivity contribution in [1.82, 2.24) is 15.2 Å². The first-order chi connectivity index (χ1) is 19.3. The minimum atomic E-state index is -4.62. The maximum absolute atomic E-state index is 14.2. The zero-order valence-electron chi connectivity index (χ0n) is 22.8. The summed E-state index contributed by atoms with van der Waals surface area (Å²) in [7, 11) is 0. The molecular formula is C27H34F5N5O3S. The first kappa shape index (κ1) is 31.2. The number of aliphatic hydroxyl groups is 1. The minimum Gasteiger partial charge on any atom is -0.393 e. The van der Waals surface area contributed by atoms with E-state index in [-0.39, 0.29) is 40.7 Å². The third kappa shape index (κ3) is 7.02. The van der Waals surface area contributed by atoms with Crippen LogP contribution in [-0.2, 0) is 9.59 Å². The van der Waals surface area contributed by atoms with Crippen molar-refractivity contribution in [3.05, 3.63) is 23.4 Å². The van der Waals surface area contributed by atoms with E-state index in [1.54, 1.807) is 4.90 Å². The summed E-state index contributed by atoms with van der Waals surface area (Å²) in [6, 6.07) is -3.01. The Hall–Kier alpha value is -2.74. The number of nitrogens with zero attached hydrogens (tertiary/aromatic N) is 3. The third-order valence-corrected chi connectivity index (χ3v) is 8.59. The molecule has 0 radical (unpaired) electrons. The van der Waals surface area contributed by atoms with Crippen LogP contribution >= 0.6 is 12.2 Å². The van der Waals surface area contributed by atoms with Crippen LogP contribution in [0.4, 0.5) is 27.8 Å². The highest BCUT2D eigenvalue weighted by Gasteiger charge is 2.45. The number of rotatable bonds is 10. The highest BCUT2D eigenvalue weighted by atomic mass is 32.1. The number of nitrogens with one attached hydrogen (secondary N) is 2. The fraction of sp³-hybridized carbons (Fsp3) is 0.667. The van der Waals surface area contributed by atoms with Gasteiger partial charge in [-0.2, -0.15) is 13.2 Å². The number of pyridine rings is 1. The van der Waals surface area contributed by atoms with Gasteiger partial charge in [0.2, 0.25) is 0 Å². The Morgan fingerprint density at radius 3 is 2.32 bits per heavy atom. The fourth-order valence-corrected chi connectivity index (χ4v) is 6.27. The molecule has 4 rings (SSSR count). The predicted molar refractivity (Wildman–Crippen MR) is 146 cm³/mol. The zero-order chi connectivity index (χ0) is 30.1. The molecule has 0 spiro atoms. The van der Waals surface area contributed by atoms with Crippen LogP contribution in [0, 0.1) is 0 Å². The lowest BCUT2D eigenvalue weighted by Gasteiger charge is -2.27. The van der Waals surface area contributed by atoms with Crippen molar-refractivity contribution in [2.24, 2.45) is 4.99 Å². The second-order valence-electron chi connectivity index (χ2n) is 10.9. The summed E-state index contributed by atoms with van der Waals surface area (Å²) in [5.74, 6) is -1.48. The summed E-state index contributed by atoms with van der Waals surface area (Å²) in [6.45, 7) is 2.69. The van der Waals surface area contributed by atoms with Gasteiger partial charge in [0.1, 0.15) is 11.9 Å². The lowest BCUT2D eigenvalue weighted by molar-refractivity contribution is -0.143. The fourth-order valence-electron chi connectivity index (χ4n) is 5.95. The van der Waals surface area contributed by atoms with Crippen LogP contribution < -0.4 is 10.6 Å². The van der Waals surface area contributed by atoms with Gasteiger partial charge in [-0.05, 0) is 64.4 Å². The number of fused-ring (bicyclic) bond motifs is 2. The number of halogens is 5. The van der Waals surface area contributed by atoms with Crippen molar-refractivity contribution in [2.45, 2.75) is 114 Å². The van der Waals surface area contributed by atoms with Crippen LogP contribution in [0.15, 0.2) is 17.3 Å². The van der Waals surface area contributed by atoms with Crippen LogP contribution in [0.1, 0.15) is 82.8 Å². The van der Waals surface area contributed by atoms with Crippen LogP contribution in [0.2, 0.25) is 0 Å². The van der Waals surface area contributed by atoms with Gasteiger partial charge in [0.05, 0.1) is 16.7 Å². The maximum atomic E-state index is 14.2. The first-order valence-electron chi connectivity index (χ1n) is 13.8. The molecule has 4 atom stereocenters. The molecule has 2 saturated heterocycles. The normalized spacial score (nSPS) is 25.9. The summed E-state index contributed by atoms with van der Waals surface area (Å²) in [4.78, 5) is 36.4. The number of aliphatic hydroxyl groups excluding tert-OH is 1. The molecule has 41 heavy (non-hydrogen) atoms. The molecule has 0 aromatic carbocycles. The molecule has 1 aliphatic carbocycles. The number of hydrogen-bond donors (Lipinski definition) is 3. The summed E-state index contributed by atoms with van der Waals surface area (Å²) < 4.78 is 68.2. The Balaban J connectivity index is 1.65. The van der Waals surface area contributed by atoms with Crippen LogP contribution in [0.3, 0.4) is 0 Å². The first-order valence-corrected chi connectivity index (χ1v) is 14.2. The van der Waals surface area contributed by atoms with Gasteiger partial charge in [0.15, 0.2) is 6.04 Å². The molecule has 8 nitrogen and oxygen atoms in total. The average Bonchev–Trinajstić information content (AvgIpc) is 3.64. The number of aromatic nitrogens is 1. The van der Waals surface area contributed by atoms with E-state index in [1.807, 2.05) is 0 Å². The van der Waals surface area contributed by atoms with E-state index < -0.39 is 54.0 Å². The summed E-state index contributed by atoms with van der Waals surface area (Å²) >= 11 is 5.54. The smallest absolute Gasteiger partial charge is 0.393 e. The van der Waals surface area contributed by atoms with E-state index in [9.17, 15) is 36.6 Å². The molecule has 1 aromatic rings. The molecule has 2 amide bonds. The number of amides is 2. The molecule has 3 aliphatic rings. The van der Waals surface area contributed by atoms with Crippen molar-refractivity contribution in [1.29, 1.82) is 0 Å². The third-order valence-electron chi connectivity index (χ3n) is 8.14. The second kappa shape index (κ2) is 12.6. The van der Waals surface area contributed by atoms with Gasteiger partial charge in [0.25, 0.3) is 18.2 Å². The monoisotopic (exact) mass is 603 g/mol. The SMILES string of the molecule is CC[C@H](Nc1cc(C(F)F)c(C(=S)C(N=C(C)C(=O)N[C@H]2CC[C@H](O)C2)C(=O)N2C3CCC2CC3)cn1)C(F)(F)F.